The van der Waals surface area contributed by atoms with Crippen molar-refractivity contribution in [3.63, 3.8) is 0 Å². The summed E-state index contributed by atoms with van der Waals surface area (Å²) in [6.45, 7) is 0. The molecule has 2 rings (SSSR count). The molecule has 0 bridgehead atoms. The topological polar surface area (TPSA) is 76.7 Å². The molecule has 0 aromatic heterocycles. The minimum atomic E-state index is -0.246. The highest BCUT2D eigenvalue weighted by Crippen LogP contribution is 2.20. The zero-order valence-electron chi connectivity index (χ0n) is 11.8. The molecule has 1 aromatic rings. The smallest absolute Gasteiger partial charge is 0.257 e. The quantitative estimate of drug-likeness (QED) is 0.655. The Hall–Kier alpha value is -2.04. The first-order valence-corrected chi connectivity index (χ1v) is 6.97. The monoisotopic (exact) mass is 275 g/mol. The Morgan fingerprint density at radius 2 is 1.90 bits per heavy atom. The summed E-state index contributed by atoms with van der Waals surface area (Å²) in [7, 11) is 1.59. The first-order valence-electron chi connectivity index (χ1n) is 6.97. The zero-order valence-corrected chi connectivity index (χ0v) is 11.8. The van der Waals surface area contributed by atoms with Gasteiger partial charge in [-0.3, -0.25) is 10.1 Å². The van der Waals surface area contributed by atoms with Crippen molar-refractivity contribution < 1.29 is 9.53 Å². The van der Waals surface area contributed by atoms with Gasteiger partial charge in [0, 0.05) is 5.56 Å². The van der Waals surface area contributed by atoms with Gasteiger partial charge in [0.2, 0.25) is 0 Å². The van der Waals surface area contributed by atoms with Crippen LogP contribution in [0, 0.1) is 0 Å². The van der Waals surface area contributed by atoms with Crippen LogP contribution in [0.2, 0.25) is 0 Å². The Labute approximate surface area is 119 Å². The fourth-order valence-corrected chi connectivity index (χ4v) is 2.37. The number of rotatable bonds is 3. The summed E-state index contributed by atoms with van der Waals surface area (Å²) in [6.07, 6.45) is 5.75. The van der Waals surface area contributed by atoms with Gasteiger partial charge in [-0.25, -0.2) is 4.99 Å². The molecule has 1 aromatic carbocycles. The number of carbonyl (C=O) groups excluding carboxylic acids is 1. The molecule has 1 fully saturated rings. The highest BCUT2D eigenvalue weighted by molar-refractivity contribution is 6.05. The molecule has 5 nitrogen and oxygen atoms in total. The van der Waals surface area contributed by atoms with Gasteiger partial charge in [0.15, 0.2) is 5.96 Å². The number of nitrogens with two attached hydrogens (primary N) is 1. The normalized spacial score (nSPS) is 16.8. The molecule has 1 aliphatic carbocycles. The van der Waals surface area contributed by atoms with Crippen LogP contribution >= 0.6 is 0 Å². The second-order valence-corrected chi connectivity index (χ2v) is 4.99. The predicted octanol–water partition coefficient (Wildman–Crippen LogP) is 2.07. The van der Waals surface area contributed by atoms with Gasteiger partial charge in [0.05, 0.1) is 13.2 Å². The number of nitrogens with one attached hydrogen (secondary N) is 1. The molecule has 0 saturated heterocycles. The van der Waals surface area contributed by atoms with E-state index in [2.05, 4.69) is 10.3 Å². The van der Waals surface area contributed by atoms with E-state index < -0.39 is 0 Å². The number of amides is 1. The van der Waals surface area contributed by atoms with Crippen molar-refractivity contribution in [3.05, 3.63) is 29.8 Å². The SMILES string of the molecule is COc1ccc(C(=O)NC(N)=NC2CCCCC2)cc1. The second kappa shape index (κ2) is 6.93. The van der Waals surface area contributed by atoms with Gasteiger partial charge >= 0.3 is 0 Å². The molecule has 0 radical (unpaired) electrons. The summed E-state index contributed by atoms with van der Waals surface area (Å²) in [5.74, 6) is 0.674. The number of carbonyl (C=O) groups is 1. The molecule has 0 unspecified atom stereocenters. The molecular formula is C15H21N3O2. The molecule has 5 heteroatoms. The first-order chi connectivity index (χ1) is 9.69. The molecular weight excluding hydrogens is 254 g/mol. The molecule has 3 N–H and O–H groups in total. The average Bonchev–Trinajstić information content (AvgIpc) is 2.48. The van der Waals surface area contributed by atoms with E-state index in [0.29, 0.717) is 11.3 Å². The molecule has 20 heavy (non-hydrogen) atoms. The molecule has 1 amide bonds. The van der Waals surface area contributed by atoms with Gasteiger partial charge in [-0.15, -0.1) is 0 Å². The van der Waals surface area contributed by atoms with Crippen molar-refractivity contribution in [2.24, 2.45) is 10.7 Å². The van der Waals surface area contributed by atoms with Crippen molar-refractivity contribution in [3.8, 4) is 5.75 Å². The maximum atomic E-state index is 12.0. The fraction of sp³-hybridized carbons (Fsp3) is 0.467. The summed E-state index contributed by atoms with van der Waals surface area (Å²) in [5, 5.41) is 2.63. The summed E-state index contributed by atoms with van der Waals surface area (Å²) in [6, 6.07) is 7.12. The third-order valence-electron chi connectivity index (χ3n) is 3.49. The highest BCUT2D eigenvalue weighted by Gasteiger charge is 2.13. The maximum absolute atomic E-state index is 12.0. The Balaban J connectivity index is 1.93. The van der Waals surface area contributed by atoms with Crippen LogP contribution in [0.25, 0.3) is 0 Å². The molecule has 1 aliphatic rings. The first kappa shape index (κ1) is 14.4. The lowest BCUT2D eigenvalue weighted by atomic mass is 9.96. The van der Waals surface area contributed by atoms with E-state index in [9.17, 15) is 4.79 Å². The maximum Gasteiger partial charge on any atom is 0.257 e. The zero-order chi connectivity index (χ0) is 14.4. The summed E-state index contributed by atoms with van der Waals surface area (Å²) >= 11 is 0. The minimum absolute atomic E-state index is 0.206. The van der Waals surface area contributed by atoms with E-state index >= 15 is 0 Å². The van der Waals surface area contributed by atoms with Crippen LogP contribution in [0.4, 0.5) is 0 Å². The molecule has 0 spiro atoms. The van der Waals surface area contributed by atoms with Crippen LogP contribution in [-0.4, -0.2) is 25.0 Å². The lowest BCUT2D eigenvalue weighted by Crippen LogP contribution is -2.38. The van der Waals surface area contributed by atoms with Gasteiger partial charge in [-0.1, -0.05) is 19.3 Å². The van der Waals surface area contributed by atoms with Crippen LogP contribution in [0.15, 0.2) is 29.3 Å². The Bertz CT molecular complexity index is 476. The van der Waals surface area contributed by atoms with Gasteiger partial charge in [-0.2, -0.15) is 0 Å². The lowest BCUT2D eigenvalue weighted by Gasteiger charge is -2.18. The molecule has 108 valence electrons. The third kappa shape index (κ3) is 3.98. The van der Waals surface area contributed by atoms with E-state index in [0.717, 1.165) is 12.8 Å². The number of methoxy groups -OCH3 is 1. The summed E-state index contributed by atoms with van der Waals surface area (Å²) < 4.78 is 5.05. The standard InChI is InChI=1S/C15H21N3O2/c1-20-13-9-7-11(8-10-13)14(19)18-15(16)17-12-5-3-2-4-6-12/h7-10,12H,2-6H2,1H3,(H3,16,17,18,19). The largest absolute Gasteiger partial charge is 0.497 e. The van der Waals surface area contributed by atoms with E-state index in [1.54, 1.807) is 31.4 Å². The fourth-order valence-electron chi connectivity index (χ4n) is 2.37. The van der Waals surface area contributed by atoms with Gasteiger partial charge in [-0.05, 0) is 37.1 Å². The van der Waals surface area contributed by atoms with E-state index in [1.807, 2.05) is 0 Å². The Morgan fingerprint density at radius 3 is 2.50 bits per heavy atom. The van der Waals surface area contributed by atoms with Crippen LogP contribution in [-0.2, 0) is 0 Å². The summed E-state index contributed by atoms with van der Waals surface area (Å²) in [5.41, 5.74) is 6.33. The average molecular weight is 275 g/mol. The number of hydrogen-bond donors (Lipinski definition) is 2. The predicted molar refractivity (Wildman–Crippen MR) is 79.0 cm³/mol. The van der Waals surface area contributed by atoms with Gasteiger partial charge < -0.3 is 10.5 Å². The molecule has 0 atom stereocenters. The van der Waals surface area contributed by atoms with Gasteiger partial charge in [0.1, 0.15) is 5.75 Å². The number of ether oxygens (including phenoxy) is 1. The number of nitrogens with zero attached hydrogens (tertiary/aromatic N) is 1. The Morgan fingerprint density at radius 1 is 1.25 bits per heavy atom. The minimum Gasteiger partial charge on any atom is -0.497 e. The number of benzene rings is 1. The van der Waals surface area contributed by atoms with Crippen LogP contribution in [0.1, 0.15) is 42.5 Å². The second-order valence-electron chi connectivity index (χ2n) is 4.99. The van der Waals surface area contributed by atoms with Crippen molar-refractivity contribution in [2.75, 3.05) is 7.11 Å². The van der Waals surface area contributed by atoms with Crippen molar-refractivity contribution in [1.29, 1.82) is 0 Å². The van der Waals surface area contributed by atoms with E-state index in [4.69, 9.17) is 10.5 Å². The third-order valence-corrected chi connectivity index (χ3v) is 3.49. The number of aliphatic imine (C=N–C) groups is 1. The van der Waals surface area contributed by atoms with Crippen molar-refractivity contribution in [2.45, 2.75) is 38.1 Å². The van der Waals surface area contributed by atoms with Crippen molar-refractivity contribution in [1.82, 2.24) is 5.32 Å². The van der Waals surface area contributed by atoms with E-state index in [1.165, 1.54) is 19.3 Å². The molecule has 1 saturated carbocycles. The van der Waals surface area contributed by atoms with E-state index in [-0.39, 0.29) is 17.9 Å². The van der Waals surface area contributed by atoms with Crippen LogP contribution < -0.4 is 15.8 Å². The summed E-state index contributed by atoms with van der Waals surface area (Å²) in [4.78, 5) is 16.4. The Kier molecular flexibility index (Phi) is 4.98. The molecule has 0 heterocycles. The number of guanidine groups is 1. The van der Waals surface area contributed by atoms with Crippen LogP contribution in [0.3, 0.4) is 0 Å². The van der Waals surface area contributed by atoms with Crippen molar-refractivity contribution >= 4 is 11.9 Å². The number of hydrogen-bond acceptors (Lipinski definition) is 3. The van der Waals surface area contributed by atoms with Gasteiger partial charge in [0.25, 0.3) is 5.91 Å². The lowest BCUT2D eigenvalue weighted by molar-refractivity contribution is 0.0976. The highest BCUT2D eigenvalue weighted by atomic mass is 16.5. The van der Waals surface area contributed by atoms with Crippen LogP contribution in [0.5, 0.6) is 5.75 Å². The molecule has 0 aliphatic heterocycles.